The van der Waals surface area contributed by atoms with Crippen LogP contribution in [0.4, 0.5) is 5.69 Å². The second-order valence-corrected chi connectivity index (χ2v) is 5.39. The summed E-state index contributed by atoms with van der Waals surface area (Å²) >= 11 is 0.955. The van der Waals surface area contributed by atoms with Gasteiger partial charge in [0.15, 0.2) is 0 Å². The molecule has 0 aliphatic carbocycles. The number of aromatic nitrogens is 2. The molecule has 7 nitrogen and oxygen atoms in total. The van der Waals surface area contributed by atoms with Gasteiger partial charge in [-0.05, 0) is 36.0 Å². The van der Waals surface area contributed by atoms with E-state index in [9.17, 15) is 10.1 Å². The van der Waals surface area contributed by atoms with Crippen molar-refractivity contribution in [1.82, 2.24) is 10.2 Å². The van der Waals surface area contributed by atoms with E-state index in [1.165, 1.54) is 18.2 Å². The molecule has 3 rings (SSSR count). The molecule has 8 heteroatoms. The second kappa shape index (κ2) is 6.29. The van der Waals surface area contributed by atoms with Crippen LogP contribution in [-0.2, 0) is 0 Å². The zero-order chi connectivity index (χ0) is 16.2. The van der Waals surface area contributed by atoms with E-state index in [1.807, 2.05) is 36.4 Å². The molecule has 0 spiro atoms. The smallest absolute Gasteiger partial charge is 0.283 e. The predicted molar refractivity (Wildman–Crippen MR) is 81.7 cm³/mol. The number of benzene rings is 2. The minimum Gasteiger partial charge on any atom is -0.411 e. The van der Waals surface area contributed by atoms with Crippen molar-refractivity contribution < 1.29 is 9.34 Å². The largest absolute Gasteiger partial charge is 0.411 e. The summed E-state index contributed by atoms with van der Waals surface area (Å²) in [7, 11) is 0. The minimum atomic E-state index is -0.516. The number of hydrogen-bond donors (Lipinski definition) is 0. The van der Waals surface area contributed by atoms with Crippen LogP contribution in [0.15, 0.2) is 63.1 Å². The van der Waals surface area contributed by atoms with Crippen molar-refractivity contribution in [2.45, 2.75) is 10.1 Å². The van der Waals surface area contributed by atoms with E-state index in [-0.39, 0.29) is 15.8 Å². The first-order valence-corrected chi connectivity index (χ1v) is 7.24. The molecule has 0 fully saturated rings. The van der Waals surface area contributed by atoms with Crippen molar-refractivity contribution in [3.63, 3.8) is 0 Å². The highest BCUT2D eigenvalue weighted by atomic mass is 32.2. The van der Waals surface area contributed by atoms with Crippen LogP contribution in [0.3, 0.4) is 0 Å². The number of nitriles is 1. The normalized spacial score (nSPS) is 10.2. The first kappa shape index (κ1) is 14.7. The van der Waals surface area contributed by atoms with Gasteiger partial charge in [0.1, 0.15) is 0 Å². The summed E-state index contributed by atoms with van der Waals surface area (Å²) in [5.74, 6) is 0.326. The molecule has 2 aromatic carbocycles. The van der Waals surface area contributed by atoms with Gasteiger partial charge < -0.3 is 4.42 Å². The van der Waals surface area contributed by atoms with Crippen molar-refractivity contribution in [1.29, 1.82) is 5.26 Å². The van der Waals surface area contributed by atoms with Crippen molar-refractivity contribution in [2.24, 2.45) is 0 Å². The lowest BCUT2D eigenvalue weighted by atomic mass is 10.2. The summed E-state index contributed by atoms with van der Waals surface area (Å²) in [5.41, 5.74) is 0.960. The van der Waals surface area contributed by atoms with Gasteiger partial charge in [0.25, 0.3) is 10.9 Å². The van der Waals surface area contributed by atoms with E-state index in [4.69, 9.17) is 9.68 Å². The molecular formula is C15H8N4O3S. The van der Waals surface area contributed by atoms with E-state index in [0.29, 0.717) is 11.5 Å². The maximum atomic E-state index is 11.1. The standard InChI is InChI=1S/C15H8N4O3S/c16-9-10-6-7-12(19(20)21)13(8-10)23-15-18-17-14(22-15)11-4-2-1-3-5-11/h1-8H. The molecule has 0 bridgehead atoms. The van der Waals surface area contributed by atoms with Crippen LogP contribution in [0.25, 0.3) is 11.5 Å². The van der Waals surface area contributed by atoms with E-state index < -0.39 is 4.92 Å². The molecule has 112 valence electrons. The molecule has 0 aliphatic rings. The van der Waals surface area contributed by atoms with Gasteiger partial charge in [0.2, 0.25) is 5.89 Å². The summed E-state index contributed by atoms with van der Waals surface area (Å²) < 4.78 is 5.52. The van der Waals surface area contributed by atoms with Gasteiger partial charge in [-0.3, -0.25) is 10.1 Å². The molecule has 1 aromatic heterocycles. The van der Waals surface area contributed by atoms with Crippen LogP contribution < -0.4 is 0 Å². The maximum Gasteiger partial charge on any atom is 0.283 e. The van der Waals surface area contributed by atoms with Crippen LogP contribution in [0.5, 0.6) is 0 Å². The number of hydrogen-bond acceptors (Lipinski definition) is 7. The lowest BCUT2D eigenvalue weighted by Gasteiger charge is -1.99. The second-order valence-electron chi connectivity index (χ2n) is 4.39. The van der Waals surface area contributed by atoms with Crippen LogP contribution in [-0.4, -0.2) is 15.1 Å². The minimum absolute atomic E-state index is 0.117. The van der Waals surface area contributed by atoms with E-state index >= 15 is 0 Å². The van der Waals surface area contributed by atoms with Gasteiger partial charge in [0.05, 0.1) is 21.5 Å². The maximum absolute atomic E-state index is 11.1. The average molecular weight is 324 g/mol. The fraction of sp³-hybridized carbons (Fsp3) is 0. The highest BCUT2D eigenvalue weighted by Gasteiger charge is 2.18. The highest BCUT2D eigenvalue weighted by molar-refractivity contribution is 7.99. The first-order chi connectivity index (χ1) is 11.2. The van der Waals surface area contributed by atoms with Gasteiger partial charge in [-0.15, -0.1) is 10.2 Å². The van der Waals surface area contributed by atoms with E-state index in [1.54, 1.807) is 0 Å². The van der Waals surface area contributed by atoms with Gasteiger partial charge in [-0.25, -0.2) is 0 Å². The number of nitrogens with zero attached hydrogens (tertiary/aromatic N) is 4. The summed E-state index contributed by atoms with van der Waals surface area (Å²) in [6, 6.07) is 15.2. The molecule has 23 heavy (non-hydrogen) atoms. The Balaban J connectivity index is 1.92. The lowest BCUT2D eigenvalue weighted by molar-refractivity contribution is -0.387. The molecule has 0 aliphatic heterocycles. The molecule has 0 N–H and O–H groups in total. The highest BCUT2D eigenvalue weighted by Crippen LogP contribution is 2.35. The number of rotatable bonds is 4. The van der Waals surface area contributed by atoms with E-state index in [0.717, 1.165) is 17.3 Å². The quantitative estimate of drug-likeness (QED) is 0.532. The lowest BCUT2D eigenvalue weighted by Crippen LogP contribution is -1.91. The zero-order valence-corrected chi connectivity index (χ0v) is 12.4. The topological polar surface area (TPSA) is 106 Å². The summed E-state index contributed by atoms with van der Waals surface area (Å²) in [6.45, 7) is 0. The molecule has 3 aromatic rings. The molecule has 0 unspecified atom stereocenters. The molecule has 0 saturated heterocycles. The summed E-state index contributed by atoms with van der Waals surface area (Å²) in [6.07, 6.45) is 0. The number of nitro groups is 1. The Morgan fingerprint density at radius 2 is 1.96 bits per heavy atom. The number of nitro benzene ring substituents is 1. The zero-order valence-electron chi connectivity index (χ0n) is 11.5. The van der Waals surface area contributed by atoms with Crippen molar-refractivity contribution in [3.8, 4) is 17.5 Å². The van der Waals surface area contributed by atoms with Crippen LogP contribution in [0.1, 0.15) is 5.56 Å². The predicted octanol–water partition coefficient (Wildman–Crippen LogP) is 3.67. The molecule has 0 saturated carbocycles. The Hall–Kier alpha value is -3.18. The van der Waals surface area contributed by atoms with Gasteiger partial charge >= 0.3 is 0 Å². The fourth-order valence-corrected chi connectivity index (χ4v) is 2.68. The Bertz CT molecular complexity index is 903. The van der Waals surface area contributed by atoms with Gasteiger partial charge in [0, 0.05) is 11.6 Å². The molecule has 0 atom stereocenters. The van der Waals surface area contributed by atoms with Crippen LogP contribution in [0, 0.1) is 21.4 Å². The SMILES string of the molecule is N#Cc1ccc([N+](=O)[O-])c(Sc2nnc(-c3ccccc3)o2)c1. The van der Waals surface area contributed by atoms with E-state index in [2.05, 4.69) is 10.2 Å². The molecular weight excluding hydrogens is 316 g/mol. The third kappa shape index (κ3) is 3.20. The Morgan fingerprint density at radius 1 is 1.17 bits per heavy atom. The van der Waals surface area contributed by atoms with Crippen molar-refractivity contribution >= 4 is 17.4 Å². The summed E-state index contributed by atoms with van der Waals surface area (Å²) in [4.78, 5) is 10.8. The monoisotopic (exact) mass is 324 g/mol. The van der Waals surface area contributed by atoms with Crippen molar-refractivity contribution in [3.05, 3.63) is 64.2 Å². The fourth-order valence-electron chi connectivity index (χ4n) is 1.86. The van der Waals surface area contributed by atoms with Crippen molar-refractivity contribution in [2.75, 3.05) is 0 Å². The molecule has 0 radical (unpaired) electrons. The summed E-state index contributed by atoms with van der Waals surface area (Å²) in [5, 5.41) is 28.0. The Kier molecular flexibility index (Phi) is 4.03. The van der Waals surface area contributed by atoms with Gasteiger partial charge in [-0.1, -0.05) is 18.2 Å². The van der Waals surface area contributed by atoms with Crippen LogP contribution in [0.2, 0.25) is 0 Å². The first-order valence-electron chi connectivity index (χ1n) is 6.42. The molecule has 0 amide bonds. The molecule has 1 heterocycles. The Morgan fingerprint density at radius 3 is 2.65 bits per heavy atom. The van der Waals surface area contributed by atoms with Crippen LogP contribution >= 0.6 is 11.8 Å². The third-order valence-corrected chi connectivity index (χ3v) is 3.80. The average Bonchev–Trinajstić information content (AvgIpc) is 3.04. The van der Waals surface area contributed by atoms with Gasteiger partial charge in [-0.2, -0.15) is 5.26 Å². The Labute approximate surface area is 134 Å². The third-order valence-electron chi connectivity index (χ3n) is 2.91.